The Balaban J connectivity index is 0.000000175. The fourth-order valence-corrected chi connectivity index (χ4v) is 13.2. The van der Waals surface area contributed by atoms with E-state index in [0.717, 1.165) is 0 Å². The van der Waals surface area contributed by atoms with Gasteiger partial charge >= 0.3 is 0 Å². The van der Waals surface area contributed by atoms with E-state index in [9.17, 15) is 0 Å². The highest BCUT2D eigenvalue weighted by Crippen LogP contribution is 2.43. The molecule has 0 aliphatic rings. The summed E-state index contributed by atoms with van der Waals surface area (Å²) in [5, 5.41) is 0. The minimum Gasteiger partial charge on any atom is -0.0587 e. The van der Waals surface area contributed by atoms with Gasteiger partial charge in [-0.2, -0.15) is 0 Å². The van der Waals surface area contributed by atoms with Crippen LogP contribution in [0.4, 0.5) is 0 Å². The molecule has 0 atom stereocenters. The van der Waals surface area contributed by atoms with E-state index in [1.807, 2.05) is 0 Å². The summed E-state index contributed by atoms with van der Waals surface area (Å²) in [5.74, 6) is 1.50. The first kappa shape index (κ1) is 61.6. The Hall–Kier alpha value is -7.02. The fraction of sp³-hybridized carbons (Fsp3) is 0.333. The van der Waals surface area contributed by atoms with Crippen LogP contribution in [0, 0.1) is 125 Å². The van der Waals surface area contributed by atoms with Crippen molar-refractivity contribution in [1.29, 1.82) is 0 Å². The van der Waals surface area contributed by atoms with Crippen molar-refractivity contribution in [3.05, 3.63) is 244 Å². The van der Waals surface area contributed by atoms with Crippen molar-refractivity contribution in [3.63, 3.8) is 0 Å². The van der Waals surface area contributed by atoms with Gasteiger partial charge in [0.25, 0.3) is 0 Å². The molecule has 0 heterocycles. The van der Waals surface area contributed by atoms with Crippen LogP contribution in [-0.4, -0.2) is 0 Å². The van der Waals surface area contributed by atoms with Crippen molar-refractivity contribution in [3.8, 4) is 66.8 Å². The predicted octanol–water partition coefficient (Wildman–Crippen LogP) is 24.0. The van der Waals surface area contributed by atoms with Gasteiger partial charge in [-0.15, -0.1) is 0 Å². The molecule has 0 saturated carbocycles. The molecule has 0 N–H and O–H groups in total. The molecular weight excluding hydrogens is 973 g/mol. The minimum atomic E-state index is 0.496. The van der Waals surface area contributed by atoms with Crippen LogP contribution in [0.3, 0.4) is 0 Å². The Morgan fingerprint density at radius 1 is 0.198 bits per heavy atom. The first-order chi connectivity index (χ1) is 38.0. The van der Waals surface area contributed by atoms with Gasteiger partial charge in [-0.25, -0.2) is 0 Å². The monoisotopic (exact) mass is 1070 g/mol. The van der Waals surface area contributed by atoms with Crippen LogP contribution in [-0.2, 0) is 0 Å². The fourth-order valence-electron chi connectivity index (χ4n) is 13.2. The van der Waals surface area contributed by atoms with Gasteiger partial charge in [0.05, 0.1) is 0 Å². The lowest BCUT2D eigenvalue weighted by Gasteiger charge is -2.22. The van der Waals surface area contributed by atoms with Gasteiger partial charge in [-0.05, 0) is 299 Å². The summed E-state index contributed by atoms with van der Waals surface area (Å²) in [7, 11) is 0. The smallest absolute Gasteiger partial charge is 0.0122 e. The Labute approximate surface area is 492 Å². The van der Waals surface area contributed by atoms with Crippen LogP contribution in [0.1, 0.15) is 176 Å². The molecule has 81 heavy (non-hydrogen) atoms. The maximum Gasteiger partial charge on any atom is -0.0122 e. The molecule has 0 heteroatoms. The molecule has 0 radical (unpaired) electrons. The van der Waals surface area contributed by atoms with E-state index in [0.29, 0.717) is 17.8 Å². The number of hydrogen-bond donors (Lipinski definition) is 0. The zero-order chi connectivity index (χ0) is 59.6. The average molecular weight is 1070 g/mol. The molecule has 9 aromatic rings. The molecule has 0 saturated heterocycles. The molecule has 0 spiro atoms. The van der Waals surface area contributed by atoms with E-state index in [-0.39, 0.29) is 0 Å². The van der Waals surface area contributed by atoms with Gasteiger partial charge < -0.3 is 0 Å². The summed E-state index contributed by atoms with van der Waals surface area (Å²) in [6.45, 7) is 53.7. The van der Waals surface area contributed by atoms with E-state index in [1.54, 1.807) is 0 Å². The van der Waals surface area contributed by atoms with Crippen LogP contribution in [0.15, 0.2) is 127 Å². The first-order valence-corrected chi connectivity index (χ1v) is 30.0. The maximum atomic E-state index is 2.42. The van der Waals surface area contributed by atoms with Gasteiger partial charge in [0.2, 0.25) is 0 Å². The molecule has 0 fully saturated rings. The third-order valence-electron chi connectivity index (χ3n) is 17.0. The normalized spacial score (nSPS) is 11.3. The van der Waals surface area contributed by atoms with E-state index < -0.39 is 0 Å². The molecule has 9 aromatic carbocycles. The lowest BCUT2D eigenvalue weighted by molar-refractivity contribution is 0.866. The van der Waals surface area contributed by atoms with E-state index in [2.05, 4.69) is 294 Å². The second-order valence-electron chi connectivity index (χ2n) is 25.5. The highest BCUT2D eigenvalue weighted by molar-refractivity contribution is 5.86. The highest BCUT2D eigenvalue weighted by Gasteiger charge is 2.20. The minimum absolute atomic E-state index is 0.496. The summed E-state index contributed by atoms with van der Waals surface area (Å²) in [5.41, 5.74) is 45.0. The van der Waals surface area contributed by atoms with Crippen molar-refractivity contribution in [2.45, 2.75) is 184 Å². The lowest BCUT2D eigenvalue weighted by atomic mass is 9.82. The zero-order valence-corrected chi connectivity index (χ0v) is 54.4. The molecule has 0 aliphatic carbocycles. The van der Waals surface area contributed by atoms with Crippen LogP contribution in [0.2, 0.25) is 0 Å². The summed E-state index contributed by atoms with van der Waals surface area (Å²) >= 11 is 0. The third-order valence-corrected chi connectivity index (χ3v) is 17.0. The number of hydrogen-bond acceptors (Lipinski definition) is 0. The van der Waals surface area contributed by atoms with E-state index in [4.69, 9.17) is 0 Å². The molecular formula is C81H96. The molecule has 420 valence electrons. The number of aryl methyl sites for hydroxylation is 16. The summed E-state index contributed by atoms with van der Waals surface area (Å²) in [6, 6.07) is 48.8. The van der Waals surface area contributed by atoms with Gasteiger partial charge in [-0.1, -0.05) is 196 Å². The lowest BCUT2D eigenvalue weighted by Crippen LogP contribution is -2.00. The molecule has 0 nitrogen and oxygen atoms in total. The second-order valence-corrected chi connectivity index (χ2v) is 25.5. The number of rotatable bonds is 9. The van der Waals surface area contributed by atoms with Crippen molar-refractivity contribution >= 4 is 0 Å². The standard InChI is InChI=1S/C28H34.C27H32.C26H30/c1-16(2)24-14-25(27-19(5)10-17(3)11-20(27)6)23(9)26(15-24)28-21(7)12-18(4)13-22(28)8;1-16(2)23-13-24(26-19(5)9-17(3)10-20(26)6)15-25(14-23)27-21(7)11-18(4)12-22(27)8;1-16(2)22-14-25(23-10-8-17(3)12-19(23)5)21(7)26(15-22)24-11-9-18(4)13-20(24)6/h10-16H,1-9H3;9-16H,1-8H3;8-16H,1-7H3. The van der Waals surface area contributed by atoms with E-state index in [1.165, 1.54) is 184 Å². The van der Waals surface area contributed by atoms with Crippen LogP contribution in [0.5, 0.6) is 0 Å². The van der Waals surface area contributed by atoms with Crippen molar-refractivity contribution in [1.82, 2.24) is 0 Å². The van der Waals surface area contributed by atoms with E-state index >= 15 is 0 Å². The molecule has 0 unspecified atom stereocenters. The summed E-state index contributed by atoms with van der Waals surface area (Å²) in [6.07, 6.45) is 0. The Morgan fingerprint density at radius 2 is 0.432 bits per heavy atom. The zero-order valence-electron chi connectivity index (χ0n) is 54.4. The summed E-state index contributed by atoms with van der Waals surface area (Å²) < 4.78 is 0. The quantitative estimate of drug-likeness (QED) is 0.135. The Kier molecular flexibility index (Phi) is 19.3. The second kappa shape index (κ2) is 25.4. The number of benzene rings is 9. The Bertz CT molecular complexity index is 3480. The van der Waals surface area contributed by atoms with Gasteiger partial charge in [-0.3, -0.25) is 0 Å². The third kappa shape index (κ3) is 13.8. The Morgan fingerprint density at radius 3 is 0.704 bits per heavy atom. The molecule has 9 rings (SSSR count). The van der Waals surface area contributed by atoms with Gasteiger partial charge in [0, 0.05) is 0 Å². The van der Waals surface area contributed by atoms with Crippen LogP contribution < -0.4 is 0 Å². The maximum absolute atomic E-state index is 2.42. The summed E-state index contributed by atoms with van der Waals surface area (Å²) in [4.78, 5) is 0. The topological polar surface area (TPSA) is 0 Å². The van der Waals surface area contributed by atoms with Crippen molar-refractivity contribution in [2.24, 2.45) is 0 Å². The predicted molar refractivity (Wildman–Crippen MR) is 359 cm³/mol. The van der Waals surface area contributed by atoms with Crippen molar-refractivity contribution < 1.29 is 0 Å². The molecule has 0 bridgehead atoms. The molecule has 0 aromatic heterocycles. The molecule has 0 aliphatic heterocycles. The van der Waals surface area contributed by atoms with Crippen molar-refractivity contribution in [2.75, 3.05) is 0 Å². The van der Waals surface area contributed by atoms with Crippen LogP contribution in [0.25, 0.3) is 66.8 Å². The molecule has 0 amide bonds. The van der Waals surface area contributed by atoms with Crippen LogP contribution >= 0.6 is 0 Å². The highest BCUT2D eigenvalue weighted by atomic mass is 14.2. The average Bonchev–Trinajstić information content (AvgIpc) is 3.51. The van der Waals surface area contributed by atoms with Gasteiger partial charge in [0.15, 0.2) is 0 Å². The first-order valence-electron chi connectivity index (χ1n) is 30.0. The largest absolute Gasteiger partial charge is 0.0587 e. The SMILES string of the molecule is Cc1cc(C)c(-c2cc(-c3c(C)cc(C)cc3C)cc(C(C)C)c2)c(C)c1.Cc1cc(C)c(-c2cc(C(C)C)cc(-c3c(C)cc(C)cc3C)c2C)c(C)c1.Cc1ccc(-c2cc(C(C)C)cc(-c3ccc(C)cc3C)c2C)c(C)c1. The van der Waals surface area contributed by atoms with Gasteiger partial charge in [0.1, 0.15) is 0 Å².